The van der Waals surface area contributed by atoms with E-state index in [0.29, 0.717) is 23.4 Å². The van der Waals surface area contributed by atoms with Gasteiger partial charge in [-0.1, -0.05) is 18.2 Å². The van der Waals surface area contributed by atoms with Crippen molar-refractivity contribution < 1.29 is 22.7 Å². The zero-order valence-corrected chi connectivity index (χ0v) is 16.8. The number of benzene rings is 1. The number of carbonyl (C=O) groups is 1. The number of ether oxygens (including phenoxy) is 1. The standard InChI is InChI=1S/C21H20F3N5O2/c1-21(24)11-5-3-4-6-15(11)31-18(21)17-16-12(25-10-26-16)7-8-29(17)20(30)14-9-13(19(22)23)27-28(14)2/h3-6,9-10,17-19H,7-8H2,1-2H3,(H,25,26)/t17-,18?,21?/m1/s1. The van der Waals surface area contributed by atoms with E-state index < -0.39 is 35.8 Å². The van der Waals surface area contributed by atoms with Gasteiger partial charge in [-0.25, -0.2) is 18.2 Å². The van der Waals surface area contributed by atoms with Crippen LogP contribution >= 0.6 is 0 Å². The van der Waals surface area contributed by atoms with Gasteiger partial charge in [0.05, 0.1) is 12.0 Å². The summed E-state index contributed by atoms with van der Waals surface area (Å²) in [7, 11) is 1.43. The van der Waals surface area contributed by atoms with Crippen molar-refractivity contribution in [1.82, 2.24) is 24.6 Å². The summed E-state index contributed by atoms with van der Waals surface area (Å²) in [6, 6.07) is 7.05. The maximum absolute atomic E-state index is 16.1. The third-order valence-electron chi connectivity index (χ3n) is 6.06. The van der Waals surface area contributed by atoms with Gasteiger partial charge in [0.15, 0.2) is 11.8 Å². The Morgan fingerprint density at radius 1 is 1.35 bits per heavy atom. The molecule has 0 saturated heterocycles. The molecule has 1 amide bonds. The number of rotatable bonds is 3. The van der Waals surface area contributed by atoms with Gasteiger partial charge >= 0.3 is 0 Å². The van der Waals surface area contributed by atoms with Gasteiger partial charge in [0.2, 0.25) is 0 Å². The molecule has 2 aliphatic rings. The molecule has 3 atom stereocenters. The number of H-pyrrole nitrogens is 1. The summed E-state index contributed by atoms with van der Waals surface area (Å²) in [6.07, 6.45) is -1.88. The Bertz CT molecular complexity index is 1160. The number of imidazole rings is 1. The van der Waals surface area contributed by atoms with Crippen LogP contribution in [0.1, 0.15) is 52.5 Å². The largest absolute Gasteiger partial charge is 0.484 e. The van der Waals surface area contributed by atoms with E-state index in [9.17, 15) is 13.6 Å². The van der Waals surface area contributed by atoms with Crippen molar-refractivity contribution in [3.8, 4) is 5.75 Å². The molecule has 0 radical (unpaired) electrons. The Labute approximate surface area is 175 Å². The van der Waals surface area contributed by atoms with Gasteiger partial charge in [-0.2, -0.15) is 5.10 Å². The van der Waals surface area contributed by atoms with Crippen molar-refractivity contribution in [2.75, 3.05) is 6.54 Å². The van der Waals surface area contributed by atoms with E-state index in [-0.39, 0.29) is 12.2 Å². The van der Waals surface area contributed by atoms with Crippen LogP contribution in [0.5, 0.6) is 5.75 Å². The second kappa shape index (κ2) is 6.86. The Morgan fingerprint density at radius 2 is 2.13 bits per heavy atom. The van der Waals surface area contributed by atoms with Gasteiger partial charge in [0.25, 0.3) is 12.3 Å². The minimum absolute atomic E-state index is 0.00430. The Kier molecular flexibility index (Phi) is 4.35. The highest BCUT2D eigenvalue weighted by Crippen LogP contribution is 2.50. The van der Waals surface area contributed by atoms with Gasteiger partial charge in [-0.15, -0.1) is 0 Å². The first-order valence-electron chi connectivity index (χ1n) is 9.89. The Hall–Kier alpha value is -3.30. The van der Waals surface area contributed by atoms with E-state index >= 15 is 4.39 Å². The Balaban J connectivity index is 1.58. The molecule has 2 aliphatic heterocycles. The first kappa shape index (κ1) is 19.7. The third kappa shape index (κ3) is 2.92. The van der Waals surface area contributed by atoms with Gasteiger partial charge in [-0.3, -0.25) is 9.48 Å². The van der Waals surface area contributed by atoms with Crippen LogP contribution < -0.4 is 4.74 Å². The number of nitrogens with one attached hydrogen (secondary N) is 1. The fourth-order valence-corrected chi connectivity index (χ4v) is 4.52. The van der Waals surface area contributed by atoms with Crippen molar-refractivity contribution in [3.63, 3.8) is 0 Å². The molecule has 10 heteroatoms. The lowest BCUT2D eigenvalue weighted by molar-refractivity contribution is -0.0168. The maximum Gasteiger partial charge on any atom is 0.282 e. The van der Waals surface area contributed by atoms with Crippen molar-refractivity contribution in [2.24, 2.45) is 7.05 Å². The zero-order valence-electron chi connectivity index (χ0n) is 16.8. The number of fused-ring (bicyclic) bond motifs is 2. The first-order valence-corrected chi connectivity index (χ1v) is 9.89. The number of amides is 1. The number of hydrogen-bond donors (Lipinski definition) is 1. The number of hydrogen-bond acceptors (Lipinski definition) is 4. The van der Waals surface area contributed by atoms with Crippen molar-refractivity contribution >= 4 is 5.91 Å². The second-order valence-electron chi connectivity index (χ2n) is 7.95. The smallest absolute Gasteiger partial charge is 0.282 e. The Morgan fingerprint density at radius 3 is 2.84 bits per heavy atom. The van der Waals surface area contributed by atoms with E-state index in [4.69, 9.17) is 4.74 Å². The number of aromatic nitrogens is 4. The van der Waals surface area contributed by atoms with E-state index in [0.717, 1.165) is 16.4 Å². The number of carbonyl (C=O) groups excluding carboxylic acids is 1. The predicted molar refractivity (Wildman–Crippen MR) is 104 cm³/mol. The molecule has 5 rings (SSSR count). The third-order valence-corrected chi connectivity index (χ3v) is 6.06. The van der Waals surface area contributed by atoms with E-state index in [1.165, 1.54) is 25.2 Å². The molecule has 2 unspecified atom stereocenters. The average Bonchev–Trinajstić information content (AvgIpc) is 3.43. The molecule has 3 aromatic rings. The lowest BCUT2D eigenvalue weighted by Crippen LogP contribution is -2.51. The van der Waals surface area contributed by atoms with Gasteiger partial charge in [0, 0.05) is 31.3 Å². The summed E-state index contributed by atoms with van der Waals surface area (Å²) in [5, 5.41) is 3.74. The van der Waals surface area contributed by atoms with Gasteiger partial charge < -0.3 is 14.6 Å². The lowest BCUT2D eigenvalue weighted by Gasteiger charge is -2.40. The number of halogens is 3. The fraction of sp³-hybridized carbons (Fsp3) is 0.381. The van der Waals surface area contributed by atoms with E-state index in [2.05, 4.69) is 15.1 Å². The number of nitrogens with zero attached hydrogens (tertiary/aromatic N) is 4. The summed E-state index contributed by atoms with van der Waals surface area (Å²) < 4.78 is 49.4. The minimum atomic E-state index is -2.80. The molecule has 1 N–H and O–H groups in total. The maximum atomic E-state index is 16.1. The topological polar surface area (TPSA) is 76.0 Å². The van der Waals surface area contributed by atoms with Crippen LogP contribution in [0.4, 0.5) is 13.2 Å². The number of aryl methyl sites for hydroxylation is 1. The molecular formula is C21H20F3N5O2. The molecule has 7 nitrogen and oxygen atoms in total. The van der Waals surface area contributed by atoms with Crippen molar-refractivity contribution in [1.29, 1.82) is 0 Å². The van der Waals surface area contributed by atoms with Crippen LogP contribution in [-0.2, 0) is 19.1 Å². The van der Waals surface area contributed by atoms with Crippen molar-refractivity contribution in [2.45, 2.75) is 37.6 Å². The van der Waals surface area contributed by atoms with Crippen LogP contribution in [0.3, 0.4) is 0 Å². The SMILES string of the molecule is Cn1nc(C(F)F)cc1C(=O)N1CCc2[nH]cnc2[C@@H]1C1Oc2ccccc2C1(C)F. The van der Waals surface area contributed by atoms with Crippen LogP contribution in [0.25, 0.3) is 0 Å². The summed E-state index contributed by atoms with van der Waals surface area (Å²) in [5.41, 5.74) is -0.681. The molecule has 162 valence electrons. The molecule has 0 fully saturated rings. The van der Waals surface area contributed by atoms with Gasteiger partial charge in [0.1, 0.15) is 23.2 Å². The van der Waals surface area contributed by atoms with Crippen LogP contribution in [0, 0.1) is 0 Å². The molecule has 0 aliphatic carbocycles. The van der Waals surface area contributed by atoms with Crippen LogP contribution in [0.15, 0.2) is 36.7 Å². The van der Waals surface area contributed by atoms with Crippen molar-refractivity contribution in [3.05, 3.63) is 65.0 Å². The van der Waals surface area contributed by atoms with Crippen LogP contribution in [0.2, 0.25) is 0 Å². The second-order valence-corrected chi connectivity index (χ2v) is 7.95. The molecule has 0 saturated carbocycles. The fourth-order valence-electron chi connectivity index (χ4n) is 4.52. The molecule has 4 heterocycles. The van der Waals surface area contributed by atoms with Gasteiger partial charge in [-0.05, 0) is 19.1 Å². The molecule has 1 aromatic carbocycles. The van der Waals surface area contributed by atoms with E-state index in [1.807, 2.05) is 0 Å². The highest BCUT2D eigenvalue weighted by atomic mass is 19.3. The number of aromatic amines is 1. The average molecular weight is 431 g/mol. The summed E-state index contributed by atoms with van der Waals surface area (Å²) >= 11 is 0. The lowest BCUT2D eigenvalue weighted by atomic mass is 9.85. The monoisotopic (exact) mass is 431 g/mol. The summed E-state index contributed by atoms with van der Waals surface area (Å²) in [5.74, 6) is -0.121. The molecule has 2 aromatic heterocycles. The number of para-hydroxylation sites is 1. The molecule has 0 bridgehead atoms. The summed E-state index contributed by atoms with van der Waals surface area (Å²) in [6.45, 7) is 1.67. The van der Waals surface area contributed by atoms with E-state index in [1.54, 1.807) is 24.3 Å². The highest BCUT2D eigenvalue weighted by Gasteiger charge is 2.54. The quantitative estimate of drug-likeness (QED) is 0.689. The zero-order chi connectivity index (χ0) is 21.9. The predicted octanol–water partition coefficient (Wildman–Crippen LogP) is 3.47. The molecular weight excluding hydrogens is 411 g/mol. The highest BCUT2D eigenvalue weighted by molar-refractivity contribution is 5.93. The first-order chi connectivity index (χ1) is 14.8. The van der Waals surface area contributed by atoms with Crippen LogP contribution in [-0.4, -0.2) is 43.2 Å². The number of alkyl halides is 3. The molecule has 0 spiro atoms. The normalized spacial score (nSPS) is 24.8. The minimum Gasteiger partial charge on any atom is -0.484 e. The molecule has 31 heavy (non-hydrogen) atoms. The summed E-state index contributed by atoms with van der Waals surface area (Å²) in [4.78, 5) is 22.3.